The van der Waals surface area contributed by atoms with Gasteiger partial charge >= 0.3 is 11.9 Å². The minimum atomic E-state index is -0.804. The average molecular weight is 663 g/mol. The van der Waals surface area contributed by atoms with Crippen molar-refractivity contribution in [3.63, 3.8) is 0 Å². The maximum Gasteiger partial charge on any atom is 0.306 e. The Hall–Kier alpha value is -3.44. The van der Waals surface area contributed by atoms with Crippen molar-refractivity contribution < 1.29 is 24.2 Å². The minimum absolute atomic E-state index is 0.0973. The maximum absolute atomic E-state index is 12.1. The topological polar surface area (TPSA) is 72.8 Å². The number of carbonyl (C=O) groups is 2. The van der Waals surface area contributed by atoms with Gasteiger partial charge in [0.15, 0.2) is 6.10 Å². The Kier molecular flexibility index (Phi) is 35.3. The highest BCUT2D eigenvalue weighted by Crippen LogP contribution is 2.07. The van der Waals surface area contributed by atoms with E-state index in [1.807, 2.05) is 0 Å². The standard InChI is InChI=1S/C43H66O5/c1-3-5-7-9-10-11-12-13-14-15-16-17-18-19-20-21-22-23-24-25-26-27-28-29-30-31-32-34-36-38-43(46)48-41(39-44)40-47-42(45)37-35-33-8-6-4-2/h5,7,10-11,13-14,16-17,19-20,22-23,25-26,28-29,31-32,41,44H,3-4,6,8-9,12,15,18,21,24,27,30,33-40H2,1-2H3/b7-5-,11-10-,14-13-,17-16-,20-19-,23-22-,26-25-,29-28-,32-31-. The van der Waals surface area contributed by atoms with Gasteiger partial charge in [-0.15, -0.1) is 0 Å². The average Bonchev–Trinajstić information content (AvgIpc) is 3.09. The second-order valence-corrected chi connectivity index (χ2v) is 11.6. The van der Waals surface area contributed by atoms with Crippen LogP contribution in [0.1, 0.15) is 129 Å². The van der Waals surface area contributed by atoms with Crippen LogP contribution in [-0.2, 0) is 19.1 Å². The van der Waals surface area contributed by atoms with E-state index in [0.29, 0.717) is 12.8 Å². The molecule has 1 N–H and O–H groups in total. The number of aliphatic hydroxyl groups excluding tert-OH is 1. The first kappa shape index (κ1) is 44.6. The van der Waals surface area contributed by atoms with Crippen LogP contribution >= 0.6 is 0 Å². The molecule has 48 heavy (non-hydrogen) atoms. The molecule has 0 aliphatic carbocycles. The number of carbonyl (C=O) groups excluding carboxylic acids is 2. The summed E-state index contributed by atoms with van der Waals surface area (Å²) in [7, 11) is 0. The quantitative estimate of drug-likeness (QED) is 0.0454. The minimum Gasteiger partial charge on any atom is -0.462 e. The van der Waals surface area contributed by atoms with E-state index >= 15 is 0 Å². The third kappa shape index (κ3) is 35.4. The van der Waals surface area contributed by atoms with E-state index in [1.165, 1.54) is 6.42 Å². The molecule has 1 unspecified atom stereocenters. The number of aliphatic hydroxyl groups is 1. The van der Waals surface area contributed by atoms with Crippen LogP contribution in [0, 0.1) is 0 Å². The molecule has 0 saturated heterocycles. The van der Waals surface area contributed by atoms with Crippen LogP contribution in [0.4, 0.5) is 0 Å². The van der Waals surface area contributed by atoms with Gasteiger partial charge in [-0.25, -0.2) is 0 Å². The lowest BCUT2D eigenvalue weighted by molar-refractivity contribution is -0.161. The molecule has 0 rings (SSSR count). The van der Waals surface area contributed by atoms with Crippen molar-refractivity contribution in [2.75, 3.05) is 13.2 Å². The second-order valence-electron chi connectivity index (χ2n) is 11.6. The second kappa shape index (κ2) is 38.0. The fourth-order valence-electron chi connectivity index (χ4n) is 4.32. The summed E-state index contributed by atoms with van der Waals surface area (Å²) in [6, 6.07) is 0. The van der Waals surface area contributed by atoms with Crippen LogP contribution in [0.2, 0.25) is 0 Å². The molecule has 0 aromatic heterocycles. The van der Waals surface area contributed by atoms with Crippen LogP contribution in [0.5, 0.6) is 0 Å². The summed E-state index contributed by atoms with van der Waals surface area (Å²) < 4.78 is 10.4. The zero-order chi connectivity index (χ0) is 35.0. The predicted octanol–water partition coefficient (Wildman–Crippen LogP) is 11.5. The molecular formula is C43H66O5. The van der Waals surface area contributed by atoms with Crippen LogP contribution < -0.4 is 0 Å². The number of hydrogen-bond acceptors (Lipinski definition) is 5. The molecule has 5 nitrogen and oxygen atoms in total. The molecule has 0 amide bonds. The molecule has 5 heteroatoms. The smallest absolute Gasteiger partial charge is 0.306 e. The highest BCUT2D eigenvalue weighted by molar-refractivity contribution is 5.70. The summed E-state index contributed by atoms with van der Waals surface area (Å²) in [5.74, 6) is -0.689. The number of hydrogen-bond donors (Lipinski definition) is 1. The van der Waals surface area contributed by atoms with E-state index in [0.717, 1.165) is 89.9 Å². The van der Waals surface area contributed by atoms with Gasteiger partial charge < -0.3 is 14.6 Å². The Morgan fingerprint density at radius 3 is 1.31 bits per heavy atom. The SMILES string of the molecule is CC/C=C\C/C=C\C/C=C\C/C=C\C/C=C\C/C=C\C/C=C\C/C=C\C/C=C\CCCC(=O)OC(CO)COC(=O)CCCCCCC. The lowest BCUT2D eigenvalue weighted by atomic mass is 10.1. The van der Waals surface area contributed by atoms with Crippen molar-refractivity contribution in [3.05, 3.63) is 109 Å². The molecule has 1 atom stereocenters. The molecule has 0 bridgehead atoms. The van der Waals surface area contributed by atoms with Crippen LogP contribution in [0.3, 0.4) is 0 Å². The van der Waals surface area contributed by atoms with Gasteiger partial charge in [-0.2, -0.15) is 0 Å². The molecule has 0 heterocycles. The summed E-state index contributed by atoms with van der Waals surface area (Å²) in [5.41, 5.74) is 0. The fraction of sp³-hybridized carbons (Fsp3) is 0.535. The van der Waals surface area contributed by atoms with Gasteiger partial charge in [-0.1, -0.05) is 149 Å². The van der Waals surface area contributed by atoms with Gasteiger partial charge in [0, 0.05) is 12.8 Å². The van der Waals surface area contributed by atoms with E-state index < -0.39 is 6.10 Å². The van der Waals surface area contributed by atoms with Crippen LogP contribution in [0.25, 0.3) is 0 Å². The van der Waals surface area contributed by atoms with E-state index in [9.17, 15) is 14.7 Å². The Balaban J connectivity index is 3.75. The molecule has 0 spiro atoms. The van der Waals surface area contributed by atoms with Crippen molar-refractivity contribution in [2.45, 2.75) is 136 Å². The Labute approximate surface area is 293 Å². The highest BCUT2D eigenvalue weighted by atomic mass is 16.6. The monoisotopic (exact) mass is 662 g/mol. The van der Waals surface area contributed by atoms with Crippen LogP contribution in [0.15, 0.2) is 109 Å². The fourth-order valence-corrected chi connectivity index (χ4v) is 4.32. The molecule has 268 valence electrons. The number of unbranched alkanes of at least 4 members (excludes halogenated alkanes) is 5. The predicted molar refractivity (Wildman–Crippen MR) is 205 cm³/mol. The molecule has 0 aliphatic rings. The first-order valence-electron chi connectivity index (χ1n) is 18.4. The molecule has 0 saturated carbocycles. The third-order valence-corrected chi connectivity index (χ3v) is 7.08. The van der Waals surface area contributed by atoms with E-state index in [1.54, 1.807) is 0 Å². The van der Waals surface area contributed by atoms with Gasteiger partial charge in [0.25, 0.3) is 0 Å². The van der Waals surface area contributed by atoms with Gasteiger partial charge in [0.05, 0.1) is 6.61 Å². The van der Waals surface area contributed by atoms with Gasteiger partial charge in [-0.05, 0) is 77.0 Å². The molecule has 0 radical (unpaired) electrons. The summed E-state index contributed by atoms with van der Waals surface area (Å²) in [6.07, 6.45) is 54.8. The van der Waals surface area contributed by atoms with Crippen molar-refractivity contribution in [3.8, 4) is 0 Å². The first-order chi connectivity index (χ1) is 23.6. The van der Waals surface area contributed by atoms with E-state index in [4.69, 9.17) is 9.47 Å². The Morgan fingerprint density at radius 2 is 0.896 bits per heavy atom. The van der Waals surface area contributed by atoms with Crippen molar-refractivity contribution in [2.24, 2.45) is 0 Å². The third-order valence-electron chi connectivity index (χ3n) is 7.08. The lowest BCUT2D eigenvalue weighted by Gasteiger charge is -2.15. The summed E-state index contributed by atoms with van der Waals surface area (Å²) in [6.45, 7) is 3.85. The molecule has 0 aromatic rings. The normalized spacial score (nSPS) is 13.5. The number of rotatable bonds is 31. The highest BCUT2D eigenvalue weighted by Gasteiger charge is 2.15. The Morgan fingerprint density at radius 1 is 0.500 bits per heavy atom. The molecule has 0 aromatic carbocycles. The number of esters is 2. The van der Waals surface area contributed by atoms with Gasteiger partial charge in [0.1, 0.15) is 6.61 Å². The van der Waals surface area contributed by atoms with E-state index in [-0.39, 0.29) is 31.6 Å². The molecule has 0 aliphatic heterocycles. The van der Waals surface area contributed by atoms with Crippen LogP contribution in [-0.4, -0.2) is 36.4 Å². The summed E-state index contributed by atoms with van der Waals surface area (Å²) in [5, 5.41) is 9.44. The number of allylic oxidation sites excluding steroid dienone is 18. The van der Waals surface area contributed by atoms with Gasteiger partial charge in [-0.3, -0.25) is 9.59 Å². The number of ether oxygens (including phenoxy) is 2. The summed E-state index contributed by atoms with van der Waals surface area (Å²) in [4.78, 5) is 23.9. The first-order valence-corrected chi connectivity index (χ1v) is 18.4. The zero-order valence-corrected chi connectivity index (χ0v) is 30.2. The van der Waals surface area contributed by atoms with Crippen molar-refractivity contribution in [1.82, 2.24) is 0 Å². The molecule has 0 fully saturated rings. The summed E-state index contributed by atoms with van der Waals surface area (Å²) >= 11 is 0. The van der Waals surface area contributed by atoms with Gasteiger partial charge in [0.2, 0.25) is 0 Å². The Bertz CT molecular complexity index is 1020. The zero-order valence-electron chi connectivity index (χ0n) is 30.2. The lowest BCUT2D eigenvalue weighted by Crippen LogP contribution is -2.28. The molecular weight excluding hydrogens is 596 g/mol. The van der Waals surface area contributed by atoms with Crippen molar-refractivity contribution in [1.29, 1.82) is 0 Å². The van der Waals surface area contributed by atoms with E-state index in [2.05, 4.69) is 123 Å². The van der Waals surface area contributed by atoms with Crippen molar-refractivity contribution >= 4 is 11.9 Å². The largest absolute Gasteiger partial charge is 0.462 e. The maximum atomic E-state index is 12.1.